The molecule has 0 aliphatic rings. The molecule has 0 radical (unpaired) electrons. The summed E-state index contributed by atoms with van der Waals surface area (Å²) in [5.74, 6) is -0.165. The summed E-state index contributed by atoms with van der Waals surface area (Å²) in [7, 11) is 0. The van der Waals surface area contributed by atoms with Crippen molar-refractivity contribution in [3.63, 3.8) is 0 Å². The van der Waals surface area contributed by atoms with Crippen LogP contribution in [0.3, 0.4) is 0 Å². The van der Waals surface area contributed by atoms with E-state index in [4.69, 9.17) is 5.73 Å². The monoisotopic (exact) mass is 289 g/mol. The molecule has 0 spiro atoms. The Morgan fingerprint density at radius 3 is 2.95 bits per heavy atom. The number of rotatable bonds is 2. The second-order valence-corrected chi connectivity index (χ2v) is 6.07. The van der Waals surface area contributed by atoms with E-state index in [1.165, 1.54) is 16.0 Å². The van der Waals surface area contributed by atoms with Gasteiger partial charge in [-0.1, -0.05) is 11.3 Å². The third kappa shape index (κ3) is 2.32. The summed E-state index contributed by atoms with van der Waals surface area (Å²) in [4.78, 5) is 16.7. The zero-order valence-corrected chi connectivity index (χ0v) is 11.8. The van der Waals surface area contributed by atoms with E-state index in [1.807, 2.05) is 29.6 Å². The highest BCUT2D eigenvalue weighted by molar-refractivity contribution is 7.17. The standard InChI is InChI=1S/C13H11N3OS2/c1-7-11(19-13(14)15-7)12(17)16-9-2-3-10-8(6-9)4-5-18-10/h2-6H,1H3,(H2,14,15)(H,16,17). The average Bonchev–Trinajstić information content (AvgIpc) is 2.94. The minimum atomic E-state index is -0.165. The molecule has 0 aliphatic heterocycles. The van der Waals surface area contributed by atoms with Crippen LogP contribution in [0.25, 0.3) is 10.1 Å². The van der Waals surface area contributed by atoms with Crippen LogP contribution in [0.4, 0.5) is 10.8 Å². The molecule has 2 aromatic heterocycles. The topological polar surface area (TPSA) is 68.0 Å². The maximum absolute atomic E-state index is 12.1. The number of nitrogens with one attached hydrogen (secondary N) is 1. The van der Waals surface area contributed by atoms with Gasteiger partial charge in [0.05, 0.1) is 5.69 Å². The van der Waals surface area contributed by atoms with Gasteiger partial charge in [0.1, 0.15) is 4.88 Å². The highest BCUT2D eigenvalue weighted by Crippen LogP contribution is 2.25. The molecule has 0 fully saturated rings. The molecular weight excluding hydrogens is 278 g/mol. The van der Waals surface area contributed by atoms with Crippen LogP contribution in [0, 0.1) is 6.92 Å². The van der Waals surface area contributed by atoms with Crippen molar-refractivity contribution >= 4 is 49.5 Å². The van der Waals surface area contributed by atoms with Crippen LogP contribution in [-0.4, -0.2) is 10.9 Å². The summed E-state index contributed by atoms with van der Waals surface area (Å²) < 4.78 is 1.20. The predicted octanol–water partition coefficient (Wildman–Crippen LogP) is 3.50. The van der Waals surface area contributed by atoms with Crippen LogP contribution in [0.15, 0.2) is 29.6 Å². The largest absolute Gasteiger partial charge is 0.375 e. The van der Waals surface area contributed by atoms with Crippen molar-refractivity contribution in [2.45, 2.75) is 6.92 Å². The fourth-order valence-corrected chi connectivity index (χ4v) is 3.36. The molecule has 1 amide bonds. The van der Waals surface area contributed by atoms with Gasteiger partial charge in [-0.05, 0) is 42.0 Å². The number of hydrogen-bond acceptors (Lipinski definition) is 5. The Bertz CT molecular complexity index is 760. The molecule has 2 heterocycles. The SMILES string of the molecule is Cc1nc(N)sc1C(=O)Nc1ccc2sccc2c1. The smallest absolute Gasteiger partial charge is 0.267 e. The number of nitrogens with two attached hydrogens (primary N) is 1. The lowest BCUT2D eigenvalue weighted by atomic mass is 10.2. The Labute approximate surface area is 117 Å². The fraction of sp³-hybridized carbons (Fsp3) is 0.0769. The van der Waals surface area contributed by atoms with E-state index in [0.29, 0.717) is 15.7 Å². The van der Waals surface area contributed by atoms with Crippen LogP contribution in [-0.2, 0) is 0 Å². The van der Waals surface area contributed by atoms with Crippen molar-refractivity contribution in [1.29, 1.82) is 0 Å². The lowest BCUT2D eigenvalue weighted by Crippen LogP contribution is -2.11. The van der Waals surface area contributed by atoms with Crippen molar-refractivity contribution in [1.82, 2.24) is 4.98 Å². The number of aryl methyl sites for hydroxylation is 1. The number of thiophene rings is 1. The third-order valence-electron chi connectivity index (χ3n) is 2.73. The van der Waals surface area contributed by atoms with Crippen LogP contribution >= 0.6 is 22.7 Å². The lowest BCUT2D eigenvalue weighted by molar-refractivity contribution is 0.103. The van der Waals surface area contributed by atoms with Crippen LogP contribution in [0.2, 0.25) is 0 Å². The highest BCUT2D eigenvalue weighted by atomic mass is 32.1. The van der Waals surface area contributed by atoms with E-state index < -0.39 is 0 Å². The molecule has 19 heavy (non-hydrogen) atoms. The van der Waals surface area contributed by atoms with Gasteiger partial charge in [0, 0.05) is 10.4 Å². The Balaban J connectivity index is 1.88. The molecule has 0 bridgehead atoms. The number of aromatic nitrogens is 1. The quantitative estimate of drug-likeness (QED) is 0.758. The normalized spacial score (nSPS) is 10.8. The van der Waals surface area contributed by atoms with Crippen LogP contribution in [0.5, 0.6) is 0 Å². The summed E-state index contributed by atoms with van der Waals surface area (Å²) >= 11 is 2.88. The molecule has 0 atom stereocenters. The average molecular weight is 289 g/mol. The number of carbonyl (C=O) groups excluding carboxylic acids is 1. The van der Waals surface area contributed by atoms with Crippen molar-refractivity contribution in [3.05, 3.63) is 40.2 Å². The Morgan fingerprint density at radius 2 is 2.21 bits per heavy atom. The first kappa shape index (κ1) is 12.1. The van der Waals surface area contributed by atoms with Gasteiger partial charge in [-0.2, -0.15) is 0 Å². The summed E-state index contributed by atoms with van der Waals surface area (Å²) in [5.41, 5.74) is 7.04. The van der Waals surface area contributed by atoms with Gasteiger partial charge in [-0.3, -0.25) is 4.79 Å². The number of fused-ring (bicyclic) bond motifs is 1. The van der Waals surface area contributed by atoms with E-state index in [2.05, 4.69) is 10.3 Å². The zero-order valence-electron chi connectivity index (χ0n) is 10.1. The van der Waals surface area contributed by atoms with E-state index >= 15 is 0 Å². The van der Waals surface area contributed by atoms with Gasteiger partial charge >= 0.3 is 0 Å². The van der Waals surface area contributed by atoms with Crippen LogP contribution in [0.1, 0.15) is 15.4 Å². The summed E-state index contributed by atoms with van der Waals surface area (Å²) in [6, 6.07) is 7.90. The zero-order chi connectivity index (χ0) is 13.4. The maximum atomic E-state index is 12.1. The molecule has 1 aromatic carbocycles. The van der Waals surface area contributed by atoms with Gasteiger partial charge in [-0.15, -0.1) is 11.3 Å². The minimum absolute atomic E-state index is 0.165. The Kier molecular flexibility index (Phi) is 2.96. The second kappa shape index (κ2) is 4.64. The molecular formula is C13H11N3OS2. The van der Waals surface area contributed by atoms with E-state index in [0.717, 1.165) is 11.1 Å². The molecule has 0 saturated heterocycles. The number of anilines is 2. The van der Waals surface area contributed by atoms with Crippen molar-refractivity contribution in [3.8, 4) is 0 Å². The molecule has 0 aliphatic carbocycles. The van der Waals surface area contributed by atoms with E-state index in [9.17, 15) is 4.79 Å². The minimum Gasteiger partial charge on any atom is -0.375 e. The van der Waals surface area contributed by atoms with Gasteiger partial charge < -0.3 is 11.1 Å². The van der Waals surface area contributed by atoms with Crippen LogP contribution < -0.4 is 11.1 Å². The first-order valence-electron chi connectivity index (χ1n) is 5.65. The highest BCUT2D eigenvalue weighted by Gasteiger charge is 2.14. The number of amides is 1. The second-order valence-electron chi connectivity index (χ2n) is 4.09. The van der Waals surface area contributed by atoms with Gasteiger partial charge in [0.15, 0.2) is 5.13 Å². The number of benzene rings is 1. The first-order chi connectivity index (χ1) is 9.13. The Hall–Kier alpha value is -1.92. The van der Waals surface area contributed by atoms with Crippen molar-refractivity contribution in [2.24, 2.45) is 0 Å². The van der Waals surface area contributed by atoms with Gasteiger partial charge in [0.25, 0.3) is 5.91 Å². The molecule has 3 N–H and O–H groups in total. The third-order valence-corrected chi connectivity index (χ3v) is 4.61. The number of nitrogens with zero attached hydrogens (tertiary/aromatic N) is 1. The summed E-state index contributed by atoms with van der Waals surface area (Å²) in [6.45, 7) is 1.78. The van der Waals surface area contributed by atoms with Gasteiger partial charge in [-0.25, -0.2) is 4.98 Å². The van der Waals surface area contributed by atoms with E-state index in [-0.39, 0.29) is 5.91 Å². The van der Waals surface area contributed by atoms with Gasteiger partial charge in [0.2, 0.25) is 0 Å². The number of hydrogen-bond donors (Lipinski definition) is 2. The molecule has 4 nitrogen and oxygen atoms in total. The molecule has 3 rings (SSSR count). The fourth-order valence-electron chi connectivity index (χ4n) is 1.86. The number of thiazole rings is 1. The first-order valence-corrected chi connectivity index (χ1v) is 7.34. The summed E-state index contributed by atoms with van der Waals surface area (Å²) in [5, 5.41) is 6.45. The molecule has 3 aromatic rings. The van der Waals surface area contributed by atoms with E-state index in [1.54, 1.807) is 18.3 Å². The predicted molar refractivity (Wildman–Crippen MR) is 81.0 cm³/mol. The lowest BCUT2D eigenvalue weighted by Gasteiger charge is -2.04. The number of carbonyl (C=O) groups is 1. The van der Waals surface area contributed by atoms with Crippen molar-refractivity contribution < 1.29 is 4.79 Å². The molecule has 0 unspecified atom stereocenters. The molecule has 0 saturated carbocycles. The Morgan fingerprint density at radius 1 is 1.37 bits per heavy atom. The van der Waals surface area contributed by atoms with Crippen molar-refractivity contribution in [2.75, 3.05) is 11.1 Å². The maximum Gasteiger partial charge on any atom is 0.267 e. The molecule has 96 valence electrons. The number of nitrogen functional groups attached to an aromatic ring is 1. The summed E-state index contributed by atoms with van der Waals surface area (Å²) in [6.07, 6.45) is 0. The molecule has 6 heteroatoms.